The monoisotopic (exact) mass is 457 g/mol. The molecule has 2 aromatic rings. The summed E-state index contributed by atoms with van der Waals surface area (Å²) in [6.45, 7) is 9.32. The van der Waals surface area contributed by atoms with E-state index in [1.807, 2.05) is 45.2 Å². The zero-order valence-electron chi connectivity index (χ0n) is 19.1. The molecule has 3 rings (SSSR count). The second-order valence-electron chi connectivity index (χ2n) is 8.11. The molecule has 1 aliphatic heterocycles. The maximum Gasteiger partial charge on any atom is 0.295 e. The third-order valence-electron chi connectivity index (χ3n) is 5.26. The highest BCUT2D eigenvalue weighted by Gasteiger charge is 2.46. The lowest BCUT2D eigenvalue weighted by molar-refractivity contribution is -0.140. The molecule has 0 aliphatic carbocycles. The minimum absolute atomic E-state index is 0.103. The summed E-state index contributed by atoms with van der Waals surface area (Å²) in [5.41, 5.74) is 1.48. The topological polar surface area (TPSA) is 76.1 Å². The van der Waals surface area contributed by atoms with Gasteiger partial charge in [0.2, 0.25) is 0 Å². The van der Waals surface area contributed by atoms with E-state index in [1.54, 1.807) is 23.1 Å². The van der Waals surface area contributed by atoms with Gasteiger partial charge in [0.05, 0.1) is 24.3 Å². The SMILES string of the molecule is CCCOc1ccc(/C(O)=C2/C(=O)C(=O)N(CCCOC(C)C)C2c2cccs2)cc1C. The Morgan fingerprint density at radius 3 is 2.62 bits per heavy atom. The van der Waals surface area contributed by atoms with Crippen LogP contribution in [0.3, 0.4) is 0 Å². The van der Waals surface area contributed by atoms with Gasteiger partial charge >= 0.3 is 0 Å². The van der Waals surface area contributed by atoms with Gasteiger partial charge in [-0.15, -0.1) is 11.3 Å². The first kappa shape index (κ1) is 24.0. The van der Waals surface area contributed by atoms with E-state index in [0.717, 1.165) is 22.6 Å². The van der Waals surface area contributed by atoms with E-state index in [1.165, 1.54) is 11.3 Å². The summed E-state index contributed by atoms with van der Waals surface area (Å²) in [6, 6.07) is 8.47. The van der Waals surface area contributed by atoms with Crippen molar-refractivity contribution in [2.24, 2.45) is 0 Å². The van der Waals surface area contributed by atoms with Crippen molar-refractivity contribution in [3.05, 3.63) is 57.3 Å². The fraction of sp³-hybridized carbons (Fsp3) is 0.440. The molecular weight excluding hydrogens is 426 g/mol. The van der Waals surface area contributed by atoms with Crippen LogP contribution in [0.5, 0.6) is 5.75 Å². The number of hydrogen-bond acceptors (Lipinski definition) is 6. The first-order valence-corrected chi connectivity index (χ1v) is 11.9. The second kappa shape index (κ2) is 10.8. The molecule has 1 unspecified atom stereocenters. The number of amides is 1. The smallest absolute Gasteiger partial charge is 0.295 e. The first-order valence-electron chi connectivity index (χ1n) is 11.0. The highest BCUT2D eigenvalue weighted by atomic mass is 32.1. The summed E-state index contributed by atoms with van der Waals surface area (Å²) < 4.78 is 11.3. The molecule has 1 N–H and O–H groups in total. The van der Waals surface area contributed by atoms with Gasteiger partial charge in [-0.05, 0) is 68.8 Å². The molecule has 7 heteroatoms. The zero-order chi connectivity index (χ0) is 23.3. The number of aryl methyl sites for hydroxylation is 1. The number of aliphatic hydroxyl groups is 1. The van der Waals surface area contributed by atoms with Crippen molar-refractivity contribution in [2.45, 2.75) is 52.7 Å². The Morgan fingerprint density at radius 1 is 1.22 bits per heavy atom. The number of thiophene rings is 1. The zero-order valence-corrected chi connectivity index (χ0v) is 19.9. The Hall–Kier alpha value is -2.64. The quantitative estimate of drug-likeness (QED) is 0.233. The van der Waals surface area contributed by atoms with Crippen LogP contribution in [0.1, 0.15) is 55.7 Å². The number of carbonyl (C=O) groups excluding carboxylic acids is 2. The maximum absolute atomic E-state index is 13.0. The van der Waals surface area contributed by atoms with Crippen molar-refractivity contribution in [3.8, 4) is 5.75 Å². The molecule has 0 radical (unpaired) electrons. The van der Waals surface area contributed by atoms with Crippen molar-refractivity contribution in [1.29, 1.82) is 0 Å². The summed E-state index contributed by atoms with van der Waals surface area (Å²) in [4.78, 5) is 28.3. The molecule has 1 saturated heterocycles. The molecule has 2 heterocycles. The van der Waals surface area contributed by atoms with E-state index in [2.05, 4.69) is 0 Å². The molecule has 1 atom stereocenters. The summed E-state index contributed by atoms with van der Waals surface area (Å²) in [5.74, 6) is -0.666. The predicted molar refractivity (Wildman–Crippen MR) is 126 cm³/mol. The van der Waals surface area contributed by atoms with Gasteiger partial charge in [-0.25, -0.2) is 0 Å². The number of likely N-dealkylation sites (tertiary alicyclic amines) is 1. The average molecular weight is 458 g/mol. The number of ketones is 1. The van der Waals surface area contributed by atoms with Gasteiger partial charge in [0.15, 0.2) is 0 Å². The van der Waals surface area contributed by atoms with Crippen LogP contribution in [0.4, 0.5) is 0 Å². The summed E-state index contributed by atoms with van der Waals surface area (Å²) >= 11 is 1.46. The summed E-state index contributed by atoms with van der Waals surface area (Å²) in [5, 5.41) is 13.1. The lowest BCUT2D eigenvalue weighted by Gasteiger charge is -2.24. The van der Waals surface area contributed by atoms with E-state index < -0.39 is 17.7 Å². The molecule has 1 amide bonds. The molecule has 0 bridgehead atoms. The highest BCUT2D eigenvalue weighted by Crippen LogP contribution is 2.41. The van der Waals surface area contributed by atoms with Gasteiger partial charge in [-0.3, -0.25) is 9.59 Å². The number of aliphatic hydroxyl groups excluding tert-OH is 1. The van der Waals surface area contributed by atoms with Crippen LogP contribution < -0.4 is 4.74 Å². The molecule has 32 heavy (non-hydrogen) atoms. The van der Waals surface area contributed by atoms with Gasteiger partial charge in [0, 0.05) is 23.6 Å². The van der Waals surface area contributed by atoms with E-state index >= 15 is 0 Å². The third-order valence-corrected chi connectivity index (χ3v) is 6.18. The number of hydrogen-bond donors (Lipinski definition) is 1. The van der Waals surface area contributed by atoms with Crippen LogP contribution in [0.25, 0.3) is 5.76 Å². The van der Waals surface area contributed by atoms with Gasteiger partial charge in [-0.1, -0.05) is 13.0 Å². The standard InChI is InChI=1S/C25H31NO5S/c1-5-12-31-19-10-9-18(15-17(19)4)23(27)21-22(20-8-6-14-32-20)26(25(29)24(21)28)11-7-13-30-16(2)3/h6,8-10,14-16,22,27H,5,7,11-13H2,1-4H3/b23-21-. The Labute approximate surface area is 193 Å². The predicted octanol–water partition coefficient (Wildman–Crippen LogP) is 5.08. The summed E-state index contributed by atoms with van der Waals surface area (Å²) in [7, 11) is 0. The molecule has 1 aliphatic rings. The number of Topliss-reactive ketones (excluding diaryl/α,β-unsaturated/α-hetero) is 1. The van der Waals surface area contributed by atoms with Crippen LogP contribution >= 0.6 is 11.3 Å². The molecule has 0 saturated carbocycles. The second-order valence-corrected chi connectivity index (χ2v) is 9.09. The normalized spacial score (nSPS) is 18.0. The first-order chi connectivity index (χ1) is 15.3. The number of rotatable bonds is 10. The van der Waals surface area contributed by atoms with Crippen LogP contribution in [0, 0.1) is 6.92 Å². The fourth-order valence-corrected chi connectivity index (χ4v) is 4.58. The Kier molecular flexibility index (Phi) is 8.10. The Morgan fingerprint density at radius 2 is 2.00 bits per heavy atom. The third kappa shape index (κ3) is 5.22. The van der Waals surface area contributed by atoms with E-state index in [-0.39, 0.29) is 17.4 Å². The Bertz CT molecular complexity index is 980. The molecule has 172 valence electrons. The van der Waals surface area contributed by atoms with Crippen molar-refractivity contribution >= 4 is 28.8 Å². The van der Waals surface area contributed by atoms with Crippen molar-refractivity contribution in [3.63, 3.8) is 0 Å². The fourth-order valence-electron chi connectivity index (χ4n) is 3.73. The van der Waals surface area contributed by atoms with Crippen molar-refractivity contribution in [2.75, 3.05) is 19.8 Å². The van der Waals surface area contributed by atoms with Crippen molar-refractivity contribution < 1.29 is 24.2 Å². The van der Waals surface area contributed by atoms with Gasteiger partial charge in [-0.2, -0.15) is 0 Å². The van der Waals surface area contributed by atoms with E-state index in [9.17, 15) is 14.7 Å². The van der Waals surface area contributed by atoms with Crippen LogP contribution in [-0.2, 0) is 14.3 Å². The minimum Gasteiger partial charge on any atom is -0.507 e. The minimum atomic E-state index is -0.658. The number of ether oxygens (including phenoxy) is 2. The van der Waals surface area contributed by atoms with E-state index in [4.69, 9.17) is 9.47 Å². The molecule has 0 spiro atoms. The number of nitrogens with zero attached hydrogens (tertiary/aromatic N) is 1. The molecule has 1 fully saturated rings. The maximum atomic E-state index is 13.0. The largest absolute Gasteiger partial charge is 0.507 e. The highest BCUT2D eigenvalue weighted by molar-refractivity contribution is 7.10. The average Bonchev–Trinajstić information content (AvgIpc) is 3.37. The lowest BCUT2D eigenvalue weighted by atomic mass is 9.98. The van der Waals surface area contributed by atoms with Gasteiger partial charge in [0.25, 0.3) is 11.7 Å². The lowest BCUT2D eigenvalue weighted by Crippen LogP contribution is -2.31. The van der Waals surface area contributed by atoms with Gasteiger partial charge < -0.3 is 19.5 Å². The molecular formula is C25H31NO5S. The number of carbonyl (C=O) groups is 2. The molecule has 6 nitrogen and oxygen atoms in total. The Balaban J connectivity index is 1.95. The van der Waals surface area contributed by atoms with Crippen LogP contribution in [-0.4, -0.2) is 47.6 Å². The van der Waals surface area contributed by atoms with Crippen LogP contribution in [0.2, 0.25) is 0 Å². The number of benzene rings is 1. The summed E-state index contributed by atoms with van der Waals surface area (Å²) in [6.07, 6.45) is 1.61. The van der Waals surface area contributed by atoms with Gasteiger partial charge in [0.1, 0.15) is 11.5 Å². The van der Waals surface area contributed by atoms with E-state index in [0.29, 0.717) is 31.7 Å². The van der Waals surface area contributed by atoms with Crippen molar-refractivity contribution in [1.82, 2.24) is 4.90 Å². The van der Waals surface area contributed by atoms with Crippen LogP contribution in [0.15, 0.2) is 41.3 Å². The molecule has 1 aromatic heterocycles. The molecule has 1 aromatic carbocycles.